The molecule has 0 bridgehead atoms. The Balaban J connectivity index is 1.70. The maximum Gasteiger partial charge on any atom is 0.198 e. The molecule has 1 aromatic carbocycles. The smallest absolute Gasteiger partial charge is 0.198 e. The Morgan fingerprint density at radius 1 is 1.36 bits per heavy atom. The highest BCUT2D eigenvalue weighted by molar-refractivity contribution is 5.21. The first-order chi connectivity index (χ1) is 10.6. The lowest BCUT2D eigenvalue weighted by Gasteiger charge is -2.34. The van der Waals surface area contributed by atoms with Crippen LogP contribution in [0.2, 0.25) is 0 Å². The molecule has 0 amide bonds. The predicted octanol–water partition coefficient (Wildman–Crippen LogP) is 3.99. The van der Waals surface area contributed by atoms with Gasteiger partial charge in [0.2, 0.25) is 0 Å². The molecule has 1 aromatic heterocycles. The number of hydrogen-bond donors (Lipinski definition) is 0. The van der Waals surface area contributed by atoms with Crippen LogP contribution in [0.15, 0.2) is 34.9 Å². The van der Waals surface area contributed by atoms with Crippen LogP contribution in [0.25, 0.3) is 0 Å². The number of nitrogens with zero attached hydrogens (tertiary/aromatic N) is 2. The van der Waals surface area contributed by atoms with Gasteiger partial charge in [-0.3, -0.25) is 0 Å². The Labute approximate surface area is 131 Å². The molecule has 2 heterocycles. The summed E-state index contributed by atoms with van der Waals surface area (Å²) in [6.07, 6.45) is 4.49. The quantitative estimate of drug-likeness (QED) is 0.855. The Morgan fingerprint density at radius 3 is 2.95 bits per heavy atom. The van der Waals surface area contributed by atoms with E-state index in [2.05, 4.69) is 23.7 Å². The van der Waals surface area contributed by atoms with Gasteiger partial charge >= 0.3 is 0 Å². The molecule has 3 nitrogen and oxygen atoms in total. The molecular weight excluding hydrogens is 279 g/mol. The second kappa shape index (κ2) is 6.61. The summed E-state index contributed by atoms with van der Waals surface area (Å²) < 4.78 is 19.6. The lowest BCUT2D eigenvalue weighted by atomic mass is 9.97. The third-order valence-electron chi connectivity index (χ3n) is 4.43. The van der Waals surface area contributed by atoms with Crippen LogP contribution < -0.4 is 0 Å². The van der Waals surface area contributed by atoms with Gasteiger partial charge in [0.25, 0.3) is 0 Å². The van der Waals surface area contributed by atoms with Crippen molar-refractivity contribution in [3.63, 3.8) is 0 Å². The van der Waals surface area contributed by atoms with Crippen molar-refractivity contribution in [2.75, 3.05) is 13.1 Å². The van der Waals surface area contributed by atoms with Gasteiger partial charge < -0.3 is 9.32 Å². The van der Waals surface area contributed by atoms with E-state index in [1.54, 1.807) is 18.3 Å². The van der Waals surface area contributed by atoms with Crippen LogP contribution in [0.5, 0.6) is 0 Å². The van der Waals surface area contributed by atoms with E-state index in [1.807, 2.05) is 6.07 Å². The monoisotopic (exact) mass is 302 g/mol. The zero-order valence-corrected chi connectivity index (χ0v) is 13.3. The molecule has 0 saturated carbocycles. The van der Waals surface area contributed by atoms with Crippen molar-refractivity contribution >= 4 is 0 Å². The topological polar surface area (TPSA) is 29.3 Å². The molecule has 1 fully saturated rings. The van der Waals surface area contributed by atoms with Gasteiger partial charge in [-0.15, -0.1) is 0 Å². The van der Waals surface area contributed by atoms with Crippen LogP contribution in [0.3, 0.4) is 0 Å². The molecule has 1 aliphatic rings. The number of halogens is 1. The van der Waals surface area contributed by atoms with Crippen molar-refractivity contribution in [1.82, 2.24) is 9.88 Å². The summed E-state index contributed by atoms with van der Waals surface area (Å²) in [6, 6.07) is 7.37. The van der Waals surface area contributed by atoms with Gasteiger partial charge in [-0.05, 0) is 44.9 Å². The van der Waals surface area contributed by atoms with E-state index < -0.39 is 0 Å². The third kappa shape index (κ3) is 3.38. The molecular formula is C18H23FN2O. The fraction of sp³-hybridized carbons (Fsp3) is 0.500. The van der Waals surface area contributed by atoms with Gasteiger partial charge in [-0.25, -0.2) is 9.37 Å². The Hall–Kier alpha value is -1.68. The van der Waals surface area contributed by atoms with E-state index >= 15 is 0 Å². The van der Waals surface area contributed by atoms with Crippen molar-refractivity contribution in [2.24, 2.45) is 0 Å². The zero-order valence-electron chi connectivity index (χ0n) is 13.3. The number of piperidine rings is 1. The summed E-state index contributed by atoms with van der Waals surface area (Å²) in [5.74, 6) is 1.70. The average Bonchev–Trinajstić information content (AvgIpc) is 2.98. The highest BCUT2D eigenvalue weighted by Gasteiger charge is 2.26. The van der Waals surface area contributed by atoms with Crippen molar-refractivity contribution in [2.45, 2.75) is 45.1 Å². The molecule has 0 spiro atoms. The van der Waals surface area contributed by atoms with Crippen molar-refractivity contribution < 1.29 is 8.81 Å². The molecule has 1 atom stereocenters. The molecule has 118 valence electrons. The number of hydrogen-bond acceptors (Lipinski definition) is 3. The summed E-state index contributed by atoms with van der Waals surface area (Å²) >= 11 is 0. The van der Waals surface area contributed by atoms with Gasteiger partial charge in [0, 0.05) is 24.9 Å². The lowest BCUT2D eigenvalue weighted by molar-refractivity contribution is 0.156. The van der Waals surface area contributed by atoms with Crippen molar-refractivity contribution in [3.05, 3.63) is 53.5 Å². The summed E-state index contributed by atoms with van der Waals surface area (Å²) in [6.45, 7) is 6.59. The predicted molar refractivity (Wildman–Crippen MR) is 84.4 cm³/mol. The number of oxazole rings is 1. The van der Waals surface area contributed by atoms with E-state index in [-0.39, 0.29) is 5.82 Å². The first-order valence-electron chi connectivity index (χ1n) is 8.05. The maximum absolute atomic E-state index is 13.7. The van der Waals surface area contributed by atoms with Crippen LogP contribution in [0, 0.1) is 5.82 Å². The Kier molecular flexibility index (Phi) is 4.57. The van der Waals surface area contributed by atoms with Gasteiger partial charge in [0.05, 0.1) is 6.20 Å². The van der Waals surface area contributed by atoms with E-state index in [9.17, 15) is 4.39 Å². The third-order valence-corrected chi connectivity index (χ3v) is 4.43. The molecule has 1 saturated heterocycles. The molecule has 22 heavy (non-hydrogen) atoms. The van der Waals surface area contributed by atoms with Crippen molar-refractivity contribution in [3.8, 4) is 0 Å². The minimum Gasteiger partial charge on any atom is -0.445 e. The minimum absolute atomic E-state index is 0.191. The fourth-order valence-corrected chi connectivity index (χ4v) is 3.10. The Morgan fingerprint density at radius 2 is 2.18 bits per heavy atom. The minimum atomic E-state index is -0.191. The number of rotatable bonds is 4. The summed E-state index contributed by atoms with van der Waals surface area (Å²) in [7, 11) is 0. The van der Waals surface area contributed by atoms with Gasteiger partial charge in [-0.2, -0.15) is 0 Å². The SMILES string of the molecule is CC(C)N1CCC[C@@H](c2ncc(Cc3ccccc3F)o2)C1. The number of benzene rings is 1. The summed E-state index contributed by atoms with van der Waals surface area (Å²) in [5.41, 5.74) is 0.651. The first-order valence-corrected chi connectivity index (χ1v) is 8.05. The van der Waals surface area contributed by atoms with Gasteiger partial charge in [0.1, 0.15) is 11.6 Å². The second-order valence-corrected chi connectivity index (χ2v) is 6.36. The van der Waals surface area contributed by atoms with E-state index in [0.717, 1.165) is 31.2 Å². The van der Waals surface area contributed by atoms with Crippen LogP contribution in [-0.2, 0) is 6.42 Å². The average molecular weight is 302 g/mol. The lowest BCUT2D eigenvalue weighted by Crippen LogP contribution is -2.39. The van der Waals surface area contributed by atoms with Gasteiger partial charge in [-0.1, -0.05) is 18.2 Å². The van der Waals surface area contributed by atoms with Crippen LogP contribution in [0.4, 0.5) is 4.39 Å². The molecule has 0 unspecified atom stereocenters. The number of likely N-dealkylation sites (tertiary alicyclic amines) is 1. The fourth-order valence-electron chi connectivity index (χ4n) is 3.10. The van der Waals surface area contributed by atoms with E-state index in [0.29, 0.717) is 23.9 Å². The first kappa shape index (κ1) is 15.2. The number of aromatic nitrogens is 1. The summed E-state index contributed by atoms with van der Waals surface area (Å²) in [4.78, 5) is 6.91. The van der Waals surface area contributed by atoms with Crippen LogP contribution in [0.1, 0.15) is 49.8 Å². The maximum atomic E-state index is 13.7. The van der Waals surface area contributed by atoms with Crippen molar-refractivity contribution in [1.29, 1.82) is 0 Å². The summed E-state index contributed by atoms with van der Waals surface area (Å²) in [5, 5.41) is 0. The molecule has 0 aliphatic carbocycles. The zero-order chi connectivity index (χ0) is 15.5. The molecule has 3 rings (SSSR count). The molecule has 2 aromatic rings. The Bertz CT molecular complexity index is 623. The standard InChI is InChI=1S/C18H23FN2O/c1-13(2)21-9-5-7-15(12-21)18-20-11-16(22-18)10-14-6-3-4-8-17(14)19/h3-4,6,8,11,13,15H,5,7,9-10,12H2,1-2H3/t15-/m1/s1. The van der Waals surface area contributed by atoms with E-state index in [4.69, 9.17) is 4.42 Å². The van der Waals surface area contributed by atoms with Crippen LogP contribution >= 0.6 is 0 Å². The highest BCUT2D eigenvalue weighted by atomic mass is 19.1. The molecule has 1 aliphatic heterocycles. The molecule has 0 N–H and O–H groups in total. The largest absolute Gasteiger partial charge is 0.445 e. The van der Waals surface area contributed by atoms with E-state index in [1.165, 1.54) is 12.5 Å². The highest BCUT2D eigenvalue weighted by Crippen LogP contribution is 2.28. The molecule has 0 radical (unpaired) electrons. The second-order valence-electron chi connectivity index (χ2n) is 6.36. The van der Waals surface area contributed by atoms with Gasteiger partial charge in [0.15, 0.2) is 5.89 Å². The molecule has 4 heteroatoms. The normalized spacial score (nSPS) is 19.7. The van der Waals surface area contributed by atoms with Crippen LogP contribution in [-0.4, -0.2) is 29.0 Å².